The van der Waals surface area contributed by atoms with E-state index >= 15 is 0 Å². The van der Waals surface area contributed by atoms with Crippen LogP contribution in [0.25, 0.3) is 0 Å². The predicted octanol–water partition coefficient (Wildman–Crippen LogP) is 1.92. The Morgan fingerprint density at radius 3 is 1.88 bits per heavy atom. The van der Waals surface area contributed by atoms with Gasteiger partial charge in [-0.15, -0.1) is 0 Å². The second kappa shape index (κ2) is 4.62. The lowest BCUT2D eigenvalue weighted by Crippen LogP contribution is -2.45. The molecule has 0 heterocycles. The highest BCUT2D eigenvalue weighted by molar-refractivity contribution is 9.10. The molecule has 0 aromatic carbocycles. The Kier molecular flexibility index (Phi) is 4.58. The number of alkyl halides is 1. The van der Waals surface area contributed by atoms with Crippen LogP contribution < -0.4 is 0 Å². The zero-order valence-electron chi connectivity index (χ0n) is 9.69. The zero-order valence-corrected chi connectivity index (χ0v) is 12.1. The van der Waals surface area contributed by atoms with Crippen molar-refractivity contribution in [2.45, 2.75) is 43.7 Å². The van der Waals surface area contributed by atoms with Gasteiger partial charge in [-0.1, -0.05) is 43.6 Å². The molecule has 7 heteroatoms. The average Bonchev–Trinajstić information content (AvgIpc) is 1.70. The van der Waals surface area contributed by atoms with Crippen LogP contribution in [0, 0.1) is 5.41 Å². The van der Waals surface area contributed by atoms with Gasteiger partial charge in [-0.3, -0.25) is 9.35 Å². The molecule has 0 rings (SSSR count). The summed E-state index contributed by atoms with van der Waals surface area (Å²) < 4.78 is 30.7. The van der Waals surface area contributed by atoms with Crippen LogP contribution in [0.3, 0.4) is 0 Å². The monoisotopic (exact) mass is 316 g/mol. The summed E-state index contributed by atoms with van der Waals surface area (Å²) in [4.78, 5) is 10.9. The lowest BCUT2D eigenvalue weighted by atomic mass is 9.80. The number of carboxylic acids is 1. The average molecular weight is 317 g/mol. The third-order valence-corrected chi connectivity index (χ3v) is 3.82. The molecule has 0 fully saturated rings. The van der Waals surface area contributed by atoms with Gasteiger partial charge in [0.15, 0.2) is 5.25 Å². The molecule has 96 valence electrons. The molecule has 0 aliphatic rings. The van der Waals surface area contributed by atoms with Crippen LogP contribution in [0.1, 0.15) is 34.1 Å². The zero-order chi connectivity index (χ0) is 13.4. The second-order valence-corrected chi connectivity index (χ2v) is 8.77. The summed E-state index contributed by atoms with van der Waals surface area (Å²) >= 11 is 3.33. The van der Waals surface area contributed by atoms with Crippen molar-refractivity contribution in [3.05, 3.63) is 0 Å². The smallest absolute Gasteiger partial charge is 0.324 e. The minimum atomic E-state index is -4.61. The molecular weight excluding hydrogens is 300 g/mol. The Morgan fingerprint density at radius 1 is 1.31 bits per heavy atom. The van der Waals surface area contributed by atoms with Crippen LogP contribution in [0.5, 0.6) is 0 Å². The van der Waals surface area contributed by atoms with E-state index in [1.54, 1.807) is 13.8 Å². The molecule has 16 heavy (non-hydrogen) atoms. The number of carboxylic acid groups (broad SMARTS) is 1. The molecule has 0 aromatic heterocycles. The van der Waals surface area contributed by atoms with Crippen molar-refractivity contribution in [2.24, 2.45) is 5.41 Å². The first kappa shape index (κ1) is 15.9. The van der Waals surface area contributed by atoms with Crippen molar-refractivity contribution < 1.29 is 22.9 Å². The van der Waals surface area contributed by atoms with Crippen LogP contribution in [0.2, 0.25) is 0 Å². The van der Waals surface area contributed by atoms with Crippen molar-refractivity contribution in [2.75, 3.05) is 0 Å². The maximum atomic E-state index is 11.1. The fourth-order valence-electron chi connectivity index (χ4n) is 2.04. The number of hydrogen-bond donors (Lipinski definition) is 2. The van der Waals surface area contributed by atoms with Crippen molar-refractivity contribution in [3.8, 4) is 0 Å². The summed E-state index contributed by atoms with van der Waals surface area (Å²) in [6.45, 7) is 6.61. The molecule has 1 unspecified atom stereocenters. The van der Waals surface area contributed by atoms with E-state index in [9.17, 15) is 13.2 Å². The van der Waals surface area contributed by atoms with Crippen LogP contribution in [-0.4, -0.2) is 33.6 Å². The number of hydrogen-bond acceptors (Lipinski definition) is 3. The first-order valence-electron chi connectivity index (χ1n) is 4.65. The van der Waals surface area contributed by atoms with Crippen LogP contribution in [0.15, 0.2) is 0 Å². The summed E-state index contributed by atoms with van der Waals surface area (Å²) in [5.41, 5.74) is -1.08. The van der Waals surface area contributed by atoms with Gasteiger partial charge in [0.2, 0.25) is 0 Å². The molecule has 5 nitrogen and oxygen atoms in total. The summed E-state index contributed by atoms with van der Waals surface area (Å²) in [7, 11) is -4.61. The summed E-state index contributed by atoms with van der Waals surface area (Å²) in [6.07, 6.45) is 0.288. The number of rotatable bonds is 5. The van der Waals surface area contributed by atoms with Gasteiger partial charge in [0.05, 0.1) is 0 Å². The minimum Gasteiger partial charge on any atom is -0.480 e. The highest BCUT2D eigenvalue weighted by atomic mass is 79.9. The van der Waals surface area contributed by atoms with E-state index in [1.807, 2.05) is 0 Å². The van der Waals surface area contributed by atoms with Crippen molar-refractivity contribution in [1.29, 1.82) is 0 Å². The molecule has 0 bridgehead atoms. The number of halogens is 1. The fourth-order valence-corrected chi connectivity index (χ4v) is 3.91. The Labute approximate surface area is 104 Å². The molecule has 0 spiro atoms. The van der Waals surface area contributed by atoms with E-state index in [4.69, 9.17) is 9.66 Å². The normalized spacial score (nSPS) is 15.9. The van der Waals surface area contributed by atoms with Gasteiger partial charge in [-0.05, 0) is 11.8 Å². The first-order chi connectivity index (χ1) is 6.77. The number of carbonyl (C=O) groups is 1. The molecular formula is C9H17BrO5S. The van der Waals surface area contributed by atoms with Gasteiger partial charge in [0.25, 0.3) is 10.1 Å². The third kappa shape index (κ3) is 4.80. The Balaban J connectivity index is 5.31. The minimum absolute atomic E-state index is 0.288. The molecule has 1 atom stereocenters. The standard InChI is InChI=1S/C9H17BrO5S/c1-8(2,5-9(3,4)10)6(7(11)12)16(13,14)15/h6H,5H2,1-4H3,(H,11,12)(H,13,14,15). The largest absolute Gasteiger partial charge is 0.480 e. The Morgan fingerprint density at radius 2 is 1.69 bits per heavy atom. The van der Waals surface area contributed by atoms with Crippen molar-refractivity contribution >= 4 is 32.0 Å². The first-order valence-corrected chi connectivity index (χ1v) is 6.95. The van der Waals surface area contributed by atoms with E-state index < -0.39 is 31.1 Å². The van der Waals surface area contributed by atoms with E-state index in [0.717, 1.165) is 0 Å². The van der Waals surface area contributed by atoms with Crippen molar-refractivity contribution in [3.63, 3.8) is 0 Å². The van der Waals surface area contributed by atoms with Gasteiger partial charge in [-0.25, -0.2) is 0 Å². The van der Waals surface area contributed by atoms with Gasteiger partial charge >= 0.3 is 5.97 Å². The van der Waals surface area contributed by atoms with E-state index in [-0.39, 0.29) is 6.42 Å². The maximum absolute atomic E-state index is 11.1. The summed E-state index contributed by atoms with van der Waals surface area (Å²) in [5.74, 6) is -1.54. The highest BCUT2D eigenvalue weighted by Gasteiger charge is 2.46. The maximum Gasteiger partial charge on any atom is 0.324 e. The SMILES string of the molecule is CC(C)(Br)CC(C)(C)C(C(=O)O)S(=O)(=O)O. The molecule has 0 saturated heterocycles. The molecule has 0 saturated carbocycles. The third-order valence-electron chi connectivity index (χ3n) is 2.11. The molecule has 0 radical (unpaired) electrons. The summed E-state index contributed by atoms with van der Waals surface area (Å²) in [5, 5.41) is 7.06. The van der Waals surface area contributed by atoms with Crippen LogP contribution >= 0.6 is 15.9 Å². The lowest BCUT2D eigenvalue weighted by Gasteiger charge is -2.34. The molecule has 2 N–H and O–H groups in total. The van der Waals surface area contributed by atoms with Crippen LogP contribution in [0.4, 0.5) is 0 Å². The van der Waals surface area contributed by atoms with Gasteiger partial charge in [0.1, 0.15) is 0 Å². The van der Waals surface area contributed by atoms with Crippen LogP contribution in [-0.2, 0) is 14.9 Å². The van der Waals surface area contributed by atoms with Crippen molar-refractivity contribution in [1.82, 2.24) is 0 Å². The van der Waals surface area contributed by atoms with Gasteiger partial charge in [0, 0.05) is 4.32 Å². The van der Waals surface area contributed by atoms with Gasteiger partial charge < -0.3 is 5.11 Å². The molecule has 0 aliphatic carbocycles. The highest BCUT2D eigenvalue weighted by Crippen LogP contribution is 2.38. The van der Waals surface area contributed by atoms with E-state index in [0.29, 0.717) is 0 Å². The quantitative estimate of drug-likeness (QED) is 0.597. The van der Waals surface area contributed by atoms with Gasteiger partial charge in [-0.2, -0.15) is 8.42 Å². The number of aliphatic carboxylic acids is 1. The molecule has 0 aromatic rings. The Hall–Kier alpha value is -0.140. The molecule has 0 amide bonds. The predicted molar refractivity (Wildman–Crippen MR) is 64.4 cm³/mol. The topological polar surface area (TPSA) is 91.7 Å². The fraction of sp³-hybridized carbons (Fsp3) is 0.889. The summed E-state index contributed by atoms with van der Waals surface area (Å²) in [6, 6.07) is 0. The molecule has 0 aliphatic heterocycles. The van der Waals surface area contributed by atoms with E-state index in [2.05, 4.69) is 15.9 Å². The van der Waals surface area contributed by atoms with E-state index in [1.165, 1.54) is 13.8 Å². The second-order valence-electron chi connectivity index (χ2n) is 5.12. The lowest BCUT2D eigenvalue weighted by molar-refractivity contribution is -0.138. The Bertz CT molecular complexity index is 366.